The van der Waals surface area contributed by atoms with Crippen molar-refractivity contribution < 1.29 is 9.13 Å². The molecule has 2 nitrogen and oxygen atoms in total. The number of alkyl halides is 1. The van der Waals surface area contributed by atoms with Crippen LogP contribution in [-0.2, 0) is 4.74 Å². The van der Waals surface area contributed by atoms with E-state index in [0.717, 1.165) is 19.4 Å². The van der Waals surface area contributed by atoms with Crippen LogP contribution in [0.1, 0.15) is 19.3 Å². The monoisotopic (exact) mass is 149 g/mol. The summed E-state index contributed by atoms with van der Waals surface area (Å²) in [6.07, 6.45) is 2.50. The number of unbranched alkanes of at least 4 members (excludes halogenated alkanes) is 1. The van der Waals surface area contributed by atoms with Gasteiger partial charge in [0.05, 0.1) is 6.67 Å². The van der Waals surface area contributed by atoms with Gasteiger partial charge >= 0.3 is 0 Å². The van der Waals surface area contributed by atoms with Crippen molar-refractivity contribution in [2.24, 2.45) is 5.73 Å². The van der Waals surface area contributed by atoms with Gasteiger partial charge in [-0.15, -0.1) is 0 Å². The fraction of sp³-hybridized carbons (Fsp3) is 1.00. The van der Waals surface area contributed by atoms with Crippen LogP contribution in [0.4, 0.5) is 4.39 Å². The van der Waals surface area contributed by atoms with E-state index in [-0.39, 0.29) is 6.67 Å². The lowest BCUT2D eigenvalue weighted by molar-refractivity contribution is 0.123. The molecule has 0 amide bonds. The highest BCUT2D eigenvalue weighted by Gasteiger charge is 1.87. The molecule has 0 radical (unpaired) electrons. The van der Waals surface area contributed by atoms with Gasteiger partial charge in [0, 0.05) is 13.2 Å². The minimum Gasteiger partial charge on any atom is -0.381 e. The first-order valence-corrected chi connectivity index (χ1v) is 3.75. The van der Waals surface area contributed by atoms with E-state index in [4.69, 9.17) is 10.5 Å². The van der Waals surface area contributed by atoms with Crippen molar-refractivity contribution in [3.63, 3.8) is 0 Å². The molecule has 0 saturated heterocycles. The van der Waals surface area contributed by atoms with Gasteiger partial charge in [0.1, 0.15) is 0 Å². The Morgan fingerprint density at radius 3 is 2.40 bits per heavy atom. The quantitative estimate of drug-likeness (QED) is 0.550. The molecule has 0 spiro atoms. The van der Waals surface area contributed by atoms with Gasteiger partial charge in [-0.25, -0.2) is 0 Å². The van der Waals surface area contributed by atoms with Gasteiger partial charge < -0.3 is 10.5 Å². The van der Waals surface area contributed by atoms with Gasteiger partial charge in [-0.3, -0.25) is 4.39 Å². The fourth-order valence-corrected chi connectivity index (χ4v) is 0.607. The zero-order valence-corrected chi connectivity index (χ0v) is 6.31. The molecule has 0 aliphatic heterocycles. The molecule has 0 fully saturated rings. The number of halogens is 1. The molecular formula is C7H16FNO. The second kappa shape index (κ2) is 8.85. The minimum atomic E-state index is -0.281. The second-order valence-electron chi connectivity index (χ2n) is 2.15. The Labute approximate surface area is 61.5 Å². The Morgan fingerprint density at radius 1 is 1.10 bits per heavy atom. The Bertz CT molecular complexity index is 53.6. The third-order valence-electron chi connectivity index (χ3n) is 1.17. The van der Waals surface area contributed by atoms with Gasteiger partial charge in [-0.2, -0.15) is 0 Å². The summed E-state index contributed by atoms with van der Waals surface area (Å²) < 4.78 is 16.5. The van der Waals surface area contributed by atoms with E-state index >= 15 is 0 Å². The lowest BCUT2D eigenvalue weighted by Gasteiger charge is -2.00. The van der Waals surface area contributed by atoms with Crippen molar-refractivity contribution in [2.75, 3.05) is 26.4 Å². The SMILES string of the molecule is NCCCCOCCCF. The number of ether oxygens (including phenoxy) is 1. The van der Waals surface area contributed by atoms with E-state index in [9.17, 15) is 4.39 Å². The van der Waals surface area contributed by atoms with Crippen molar-refractivity contribution in [3.8, 4) is 0 Å². The van der Waals surface area contributed by atoms with E-state index in [2.05, 4.69) is 0 Å². The van der Waals surface area contributed by atoms with Crippen LogP contribution in [0.2, 0.25) is 0 Å². The van der Waals surface area contributed by atoms with Gasteiger partial charge in [0.2, 0.25) is 0 Å². The summed E-state index contributed by atoms with van der Waals surface area (Å²) in [6, 6.07) is 0. The predicted molar refractivity (Wildman–Crippen MR) is 39.7 cm³/mol. The largest absolute Gasteiger partial charge is 0.381 e. The van der Waals surface area contributed by atoms with Crippen LogP contribution in [0.25, 0.3) is 0 Å². The zero-order chi connectivity index (χ0) is 7.66. The summed E-state index contributed by atoms with van der Waals surface area (Å²) in [5.74, 6) is 0. The van der Waals surface area contributed by atoms with Crippen molar-refractivity contribution in [3.05, 3.63) is 0 Å². The van der Waals surface area contributed by atoms with Crippen molar-refractivity contribution in [1.82, 2.24) is 0 Å². The first kappa shape index (κ1) is 9.85. The van der Waals surface area contributed by atoms with Crippen LogP contribution in [0.3, 0.4) is 0 Å². The topological polar surface area (TPSA) is 35.2 Å². The van der Waals surface area contributed by atoms with Crippen molar-refractivity contribution >= 4 is 0 Å². The normalized spacial score (nSPS) is 10.2. The average molecular weight is 149 g/mol. The second-order valence-corrected chi connectivity index (χ2v) is 2.15. The summed E-state index contributed by atoms with van der Waals surface area (Å²) in [5.41, 5.74) is 5.25. The summed E-state index contributed by atoms with van der Waals surface area (Å²) in [4.78, 5) is 0. The van der Waals surface area contributed by atoms with Crippen LogP contribution in [-0.4, -0.2) is 26.4 Å². The van der Waals surface area contributed by atoms with E-state index in [1.54, 1.807) is 0 Å². The van der Waals surface area contributed by atoms with Gasteiger partial charge in [0.15, 0.2) is 0 Å². The maximum Gasteiger partial charge on any atom is 0.0916 e. The van der Waals surface area contributed by atoms with Gasteiger partial charge in [-0.1, -0.05) is 0 Å². The Balaban J connectivity index is 2.65. The highest BCUT2D eigenvalue weighted by molar-refractivity contribution is 4.39. The molecule has 0 aromatic rings. The standard InChI is InChI=1S/C7H16FNO/c8-4-3-7-10-6-2-1-5-9/h1-7,9H2. The van der Waals surface area contributed by atoms with Gasteiger partial charge in [0.25, 0.3) is 0 Å². The van der Waals surface area contributed by atoms with Crippen LogP contribution in [0.5, 0.6) is 0 Å². The summed E-state index contributed by atoms with van der Waals surface area (Å²) >= 11 is 0. The average Bonchev–Trinajstić information content (AvgIpc) is 1.97. The molecule has 0 bridgehead atoms. The molecular weight excluding hydrogens is 133 g/mol. The lowest BCUT2D eigenvalue weighted by Crippen LogP contribution is -2.02. The number of hydrogen-bond donors (Lipinski definition) is 1. The number of rotatable bonds is 7. The smallest absolute Gasteiger partial charge is 0.0916 e. The van der Waals surface area contributed by atoms with Crippen LogP contribution in [0, 0.1) is 0 Å². The predicted octanol–water partition coefficient (Wildman–Crippen LogP) is 1.10. The molecule has 3 heteroatoms. The van der Waals surface area contributed by atoms with Crippen LogP contribution < -0.4 is 5.73 Å². The Hall–Kier alpha value is -0.150. The fourth-order valence-electron chi connectivity index (χ4n) is 0.607. The van der Waals surface area contributed by atoms with E-state index in [0.29, 0.717) is 19.6 Å². The van der Waals surface area contributed by atoms with Crippen molar-refractivity contribution in [2.45, 2.75) is 19.3 Å². The minimum absolute atomic E-state index is 0.281. The molecule has 0 heterocycles. The molecule has 0 aromatic heterocycles. The summed E-state index contributed by atoms with van der Waals surface area (Å²) in [5, 5.41) is 0. The Kier molecular flexibility index (Phi) is 8.72. The van der Waals surface area contributed by atoms with Crippen LogP contribution >= 0.6 is 0 Å². The third kappa shape index (κ3) is 7.85. The number of nitrogens with two attached hydrogens (primary N) is 1. The molecule has 62 valence electrons. The first-order valence-electron chi connectivity index (χ1n) is 3.75. The molecule has 10 heavy (non-hydrogen) atoms. The maximum atomic E-state index is 11.5. The molecule has 0 aliphatic rings. The molecule has 0 aliphatic carbocycles. The van der Waals surface area contributed by atoms with E-state index < -0.39 is 0 Å². The lowest BCUT2D eigenvalue weighted by atomic mass is 10.3. The molecule has 0 unspecified atom stereocenters. The van der Waals surface area contributed by atoms with Crippen LogP contribution in [0.15, 0.2) is 0 Å². The molecule has 2 N–H and O–H groups in total. The molecule has 0 atom stereocenters. The zero-order valence-electron chi connectivity index (χ0n) is 6.31. The van der Waals surface area contributed by atoms with Crippen molar-refractivity contribution in [1.29, 1.82) is 0 Å². The Morgan fingerprint density at radius 2 is 1.80 bits per heavy atom. The first-order chi connectivity index (χ1) is 4.91. The molecule has 0 rings (SSSR count). The summed E-state index contributed by atoms with van der Waals surface area (Å²) in [6.45, 7) is 1.70. The number of hydrogen-bond acceptors (Lipinski definition) is 2. The molecule has 0 saturated carbocycles. The summed E-state index contributed by atoms with van der Waals surface area (Å²) in [7, 11) is 0. The van der Waals surface area contributed by atoms with E-state index in [1.807, 2.05) is 0 Å². The maximum absolute atomic E-state index is 11.5. The van der Waals surface area contributed by atoms with E-state index in [1.165, 1.54) is 0 Å². The highest BCUT2D eigenvalue weighted by Crippen LogP contribution is 1.89. The highest BCUT2D eigenvalue weighted by atomic mass is 19.1. The third-order valence-corrected chi connectivity index (χ3v) is 1.17. The molecule has 0 aromatic carbocycles. The van der Waals surface area contributed by atoms with Gasteiger partial charge in [-0.05, 0) is 25.8 Å².